The van der Waals surface area contributed by atoms with Gasteiger partial charge in [-0.05, 0) is 19.4 Å². The summed E-state index contributed by atoms with van der Waals surface area (Å²) in [6, 6.07) is 9.21. The van der Waals surface area contributed by atoms with Gasteiger partial charge in [0.2, 0.25) is 5.91 Å². The quantitative estimate of drug-likeness (QED) is 0.620. The van der Waals surface area contributed by atoms with Crippen LogP contribution in [0.3, 0.4) is 0 Å². The van der Waals surface area contributed by atoms with Crippen molar-refractivity contribution in [3.63, 3.8) is 0 Å². The van der Waals surface area contributed by atoms with Gasteiger partial charge in [-0.1, -0.05) is 30.3 Å². The lowest BCUT2D eigenvalue weighted by Gasteiger charge is -2.16. The Balaban J connectivity index is 1.86. The summed E-state index contributed by atoms with van der Waals surface area (Å²) < 4.78 is 10.5. The maximum Gasteiger partial charge on any atom is 0.338 e. The molecule has 0 unspecified atom stereocenters. The fraction of sp³-hybridized carbons (Fsp3) is 0.353. The van der Waals surface area contributed by atoms with Crippen LogP contribution in [-0.2, 0) is 30.4 Å². The number of allylic oxidation sites excluding steroid dienone is 1. The Bertz CT molecular complexity index is 694. The molecule has 0 aliphatic carbocycles. The van der Waals surface area contributed by atoms with Crippen LogP contribution in [0.25, 0.3) is 0 Å². The van der Waals surface area contributed by atoms with Gasteiger partial charge in [-0.15, -0.1) is 0 Å². The van der Waals surface area contributed by atoms with Gasteiger partial charge in [0.15, 0.2) is 6.10 Å². The van der Waals surface area contributed by atoms with Gasteiger partial charge in [0.1, 0.15) is 11.7 Å². The van der Waals surface area contributed by atoms with Crippen LogP contribution < -0.4 is 0 Å². The lowest BCUT2D eigenvalue weighted by Crippen LogP contribution is -2.32. The van der Waals surface area contributed by atoms with Crippen molar-refractivity contribution >= 4 is 17.8 Å². The molecule has 2 aliphatic rings. The van der Waals surface area contributed by atoms with Gasteiger partial charge in [0.05, 0.1) is 18.7 Å². The van der Waals surface area contributed by atoms with E-state index in [0.29, 0.717) is 5.76 Å². The van der Waals surface area contributed by atoms with Crippen molar-refractivity contribution in [2.45, 2.75) is 26.5 Å². The van der Waals surface area contributed by atoms with E-state index < -0.39 is 29.8 Å². The molecule has 0 saturated carbocycles. The van der Waals surface area contributed by atoms with E-state index in [-0.39, 0.29) is 18.7 Å². The van der Waals surface area contributed by atoms with Crippen LogP contribution in [0, 0.1) is 5.92 Å². The lowest BCUT2D eigenvalue weighted by molar-refractivity contribution is -0.144. The summed E-state index contributed by atoms with van der Waals surface area (Å²) in [6.45, 7) is 3.63. The van der Waals surface area contributed by atoms with Crippen molar-refractivity contribution in [2.75, 3.05) is 6.61 Å². The highest BCUT2D eigenvalue weighted by atomic mass is 16.5. The molecule has 0 spiro atoms. The first-order valence-corrected chi connectivity index (χ1v) is 7.48. The van der Waals surface area contributed by atoms with Crippen molar-refractivity contribution < 1.29 is 23.9 Å². The normalized spacial score (nSPS) is 23.1. The highest BCUT2D eigenvalue weighted by Gasteiger charge is 2.56. The summed E-state index contributed by atoms with van der Waals surface area (Å²) in [7, 11) is 0. The van der Waals surface area contributed by atoms with Gasteiger partial charge in [-0.25, -0.2) is 4.79 Å². The number of likely N-dealkylation sites (tertiary alicyclic amines) is 1. The number of hydrogen-bond acceptors (Lipinski definition) is 5. The third-order valence-electron chi connectivity index (χ3n) is 4.02. The van der Waals surface area contributed by atoms with E-state index in [2.05, 4.69) is 0 Å². The molecule has 2 atom stereocenters. The van der Waals surface area contributed by atoms with Crippen molar-refractivity contribution in [2.24, 2.45) is 5.92 Å². The van der Waals surface area contributed by atoms with Gasteiger partial charge < -0.3 is 9.47 Å². The fourth-order valence-electron chi connectivity index (χ4n) is 2.97. The van der Waals surface area contributed by atoms with Crippen LogP contribution in [0.15, 0.2) is 41.7 Å². The Labute approximate surface area is 133 Å². The van der Waals surface area contributed by atoms with E-state index >= 15 is 0 Å². The minimum Gasteiger partial charge on any atom is -0.483 e. The first kappa shape index (κ1) is 15.3. The molecule has 2 amide bonds. The molecule has 1 fully saturated rings. The zero-order chi connectivity index (χ0) is 16.6. The number of amides is 2. The van der Waals surface area contributed by atoms with Gasteiger partial charge >= 0.3 is 5.97 Å². The molecule has 0 aromatic heterocycles. The van der Waals surface area contributed by atoms with E-state index in [1.807, 2.05) is 30.3 Å². The molecule has 6 heteroatoms. The third kappa shape index (κ3) is 2.50. The molecule has 6 nitrogen and oxygen atoms in total. The number of fused-ring (bicyclic) bond motifs is 1. The van der Waals surface area contributed by atoms with Crippen LogP contribution in [-0.4, -0.2) is 35.4 Å². The number of hydrogen-bond donors (Lipinski definition) is 0. The molecular weight excluding hydrogens is 298 g/mol. The second-order valence-corrected chi connectivity index (χ2v) is 5.45. The molecule has 0 N–H and O–H groups in total. The number of carbonyl (C=O) groups excluding carboxylic acids is 3. The highest BCUT2D eigenvalue weighted by molar-refractivity contribution is 6.12. The Morgan fingerprint density at radius 3 is 2.57 bits per heavy atom. The molecule has 120 valence electrons. The second kappa shape index (κ2) is 5.87. The average Bonchev–Trinajstić information content (AvgIpc) is 2.99. The van der Waals surface area contributed by atoms with Crippen LogP contribution in [0.2, 0.25) is 0 Å². The fourth-order valence-corrected chi connectivity index (χ4v) is 2.97. The van der Waals surface area contributed by atoms with Crippen LogP contribution in [0.1, 0.15) is 19.4 Å². The predicted octanol–water partition coefficient (Wildman–Crippen LogP) is 1.41. The Hall–Kier alpha value is -2.63. The minimum atomic E-state index is -0.953. The molecule has 1 aromatic rings. The van der Waals surface area contributed by atoms with E-state index in [4.69, 9.17) is 9.47 Å². The number of benzene rings is 1. The zero-order valence-corrected chi connectivity index (χ0v) is 12.9. The first-order valence-electron chi connectivity index (χ1n) is 7.48. The van der Waals surface area contributed by atoms with Crippen molar-refractivity contribution in [1.82, 2.24) is 4.90 Å². The summed E-state index contributed by atoms with van der Waals surface area (Å²) in [6.07, 6.45) is -0.953. The summed E-state index contributed by atoms with van der Waals surface area (Å²) in [5.41, 5.74) is 0.998. The lowest BCUT2D eigenvalue weighted by atomic mass is 9.97. The number of imide groups is 1. The zero-order valence-electron chi connectivity index (χ0n) is 12.9. The maximum atomic E-state index is 12.6. The molecule has 1 saturated heterocycles. The van der Waals surface area contributed by atoms with E-state index in [1.54, 1.807) is 13.8 Å². The van der Waals surface area contributed by atoms with E-state index in [1.165, 1.54) is 0 Å². The second-order valence-electron chi connectivity index (χ2n) is 5.45. The topological polar surface area (TPSA) is 72.9 Å². The van der Waals surface area contributed by atoms with Crippen LogP contribution in [0.4, 0.5) is 0 Å². The average molecular weight is 315 g/mol. The number of esters is 1. The number of ether oxygens (including phenoxy) is 2. The van der Waals surface area contributed by atoms with Crippen LogP contribution >= 0.6 is 0 Å². The van der Waals surface area contributed by atoms with Crippen molar-refractivity contribution in [1.29, 1.82) is 0 Å². The van der Waals surface area contributed by atoms with Gasteiger partial charge in [0, 0.05) is 0 Å². The Morgan fingerprint density at radius 2 is 1.91 bits per heavy atom. The molecular formula is C17H17NO5. The largest absolute Gasteiger partial charge is 0.483 e. The molecule has 2 heterocycles. The SMILES string of the molecule is CCOC(=O)C1=C(C)O[C@@H]2C(=O)N(Cc3ccccc3)C(=O)[C@H]12. The Kier molecular flexibility index (Phi) is 3.90. The summed E-state index contributed by atoms with van der Waals surface area (Å²) in [5, 5.41) is 0. The van der Waals surface area contributed by atoms with E-state index in [9.17, 15) is 14.4 Å². The minimum absolute atomic E-state index is 0.158. The smallest absolute Gasteiger partial charge is 0.338 e. The van der Waals surface area contributed by atoms with Crippen molar-refractivity contribution in [3.05, 3.63) is 47.2 Å². The standard InChI is InChI=1S/C17H17NO5/c1-3-22-17(21)12-10(2)23-14-13(12)15(19)18(16(14)20)9-11-7-5-4-6-8-11/h4-8,13-14H,3,9H2,1-2H3/t13-,14+/m1/s1. The molecule has 2 aliphatic heterocycles. The van der Waals surface area contributed by atoms with Crippen LogP contribution in [0.5, 0.6) is 0 Å². The van der Waals surface area contributed by atoms with E-state index in [0.717, 1.165) is 10.5 Å². The van der Waals surface area contributed by atoms with Gasteiger partial charge in [0.25, 0.3) is 5.91 Å². The van der Waals surface area contributed by atoms with Gasteiger partial charge in [-0.3, -0.25) is 14.5 Å². The summed E-state index contributed by atoms with van der Waals surface area (Å²) >= 11 is 0. The van der Waals surface area contributed by atoms with Gasteiger partial charge in [-0.2, -0.15) is 0 Å². The molecule has 0 bridgehead atoms. The number of nitrogens with zero attached hydrogens (tertiary/aromatic N) is 1. The molecule has 0 radical (unpaired) electrons. The number of carbonyl (C=O) groups is 3. The molecule has 1 aromatic carbocycles. The van der Waals surface area contributed by atoms with Crippen molar-refractivity contribution in [3.8, 4) is 0 Å². The predicted molar refractivity (Wildman–Crippen MR) is 79.7 cm³/mol. The number of rotatable bonds is 4. The third-order valence-corrected chi connectivity index (χ3v) is 4.02. The summed E-state index contributed by atoms with van der Waals surface area (Å²) in [5.74, 6) is -2.03. The molecule has 3 rings (SSSR count). The first-order chi connectivity index (χ1) is 11.0. The summed E-state index contributed by atoms with van der Waals surface area (Å²) in [4.78, 5) is 38.3. The monoisotopic (exact) mass is 315 g/mol. The Morgan fingerprint density at radius 1 is 1.22 bits per heavy atom. The highest BCUT2D eigenvalue weighted by Crippen LogP contribution is 2.39. The molecule has 23 heavy (non-hydrogen) atoms. The maximum absolute atomic E-state index is 12.6.